The molecule has 2 N–H and O–H groups in total. The van der Waals surface area contributed by atoms with Crippen molar-refractivity contribution < 1.29 is 0 Å². The second-order valence-corrected chi connectivity index (χ2v) is 6.42. The van der Waals surface area contributed by atoms with E-state index in [9.17, 15) is 0 Å². The number of nitrogens with zero attached hydrogens (tertiary/aromatic N) is 2. The monoisotopic (exact) mass is 314 g/mol. The maximum Gasteiger partial charge on any atom is 0.191 e. The van der Waals surface area contributed by atoms with Crippen LogP contribution in [0.15, 0.2) is 41.4 Å². The summed E-state index contributed by atoms with van der Waals surface area (Å²) in [7, 11) is 0. The molecule has 1 heterocycles. The number of anilines is 1. The molecule has 1 aliphatic rings. The van der Waals surface area contributed by atoms with E-state index < -0.39 is 0 Å². The molecule has 0 aromatic heterocycles. The maximum absolute atomic E-state index is 4.73. The first-order valence-electron chi connectivity index (χ1n) is 8.64. The molecule has 0 fully saturated rings. The van der Waals surface area contributed by atoms with Crippen LogP contribution in [0.4, 0.5) is 5.69 Å². The third kappa shape index (κ3) is 5.31. The van der Waals surface area contributed by atoms with Gasteiger partial charge in [-0.3, -0.25) is 0 Å². The van der Waals surface area contributed by atoms with Gasteiger partial charge in [-0.2, -0.15) is 0 Å². The molecule has 4 heteroatoms. The highest BCUT2D eigenvalue weighted by molar-refractivity contribution is 5.80. The minimum atomic E-state index is 0.398. The van der Waals surface area contributed by atoms with Crippen LogP contribution >= 0.6 is 0 Å². The SMILES string of the molecule is CCNC(=NCc1cccc(N2CC=CC2)c1)NC(C)C(C)C. The molecule has 126 valence electrons. The minimum Gasteiger partial charge on any atom is -0.364 e. The summed E-state index contributed by atoms with van der Waals surface area (Å²) in [5.74, 6) is 1.46. The van der Waals surface area contributed by atoms with Crippen LogP contribution in [-0.4, -0.2) is 31.6 Å². The fraction of sp³-hybridized carbons (Fsp3) is 0.526. The van der Waals surface area contributed by atoms with E-state index in [-0.39, 0.29) is 0 Å². The summed E-state index contributed by atoms with van der Waals surface area (Å²) in [5.41, 5.74) is 2.51. The van der Waals surface area contributed by atoms with Gasteiger partial charge in [-0.1, -0.05) is 38.1 Å². The molecule has 1 aromatic carbocycles. The molecule has 23 heavy (non-hydrogen) atoms. The Morgan fingerprint density at radius 1 is 1.22 bits per heavy atom. The lowest BCUT2D eigenvalue weighted by Gasteiger charge is -2.21. The third-order valence-corrected chi connectivity index (χ3v) is 4.22. The standard InChI is InChI=1S/C19H30N4/c1-5-20-19(22-16(4)15(2)3)21-14-17-9-8-10-18(13-17)23-11-6-7-12-23/h6-10,13,15-16H,5,11-12,14H2,1-4H3,(H2,20,21,22). The molecular formula is C19H30N4. The van der Waals surface area contributed by atoms with Crippen molar-refractivity contribution in [1.29, 1.82) is 0 Å². The van der Waals surface area contributed by atoms with E-state index in [2.05, 4.69) is 79.6 Å². The molecule has 0 bridgehead atoms. The lowest BCUT2D eigenvalue weighted by atomic mass is 10.1. The zero-order valence-corrected chi connectivity index (χ0v) is 14.8. The Hall–Kier alpha value is -1.97. The van der Waals surface area contributed by atoms with Gasteiger partial charge in [0.25, 0.3) is 0 Å². The van der Waals surface area contributed by atoms with Gasteiger partial charge in [0.1, 0.15) is 0 Å². The third-order valence-electron chi connectivity index (χ3n) is 4.22. The lowest BCUT2D eigenvalue weighted by molar-refractivity contribution is 0.481. The van der Waals surface area contributed by atoms with E-state index in [1.54, 1.807) is 0 Å². The number of hydrogen-bond donors (Lipinski definition) is 2. The first kappa shape index (κ1) is 17.4. The summed E-state index contributed by atoms with van der Waals surface area (Å²) in [6, 6.07) is 9.08. The Morgan fingerprint density at radius 2 is 1.96 bits per heavy atom. The van der Waals surface area contributed by atoms with Gasteiger partial charge in [0, 0.05) is 31.4 Å². The van der Waals surface area contributed by atoms with E-state index in [0.717, 1.165) is 25.6 Å². The number of guanidine groups is 1. The highest BCUT2D eigenvalue weighted by Crippen LogP contribution is 2.18. The highest BCUT2D eigenvalue weighted by Gasteiger charge is 2.10. The predicted molar refractivity (Wildman–Crippen MR) is 100 cm³/mol. The molecular weight excluding hydrogens is 284 g/mol. The number of hydrogen-bond acceptors (Lipinski definition) is 2. The van der Waals surface area contributed by atoms with Gasteiger partial charge in [-0.15, -0.1) is 0 Å². The summed E-state index contributed by atoms with van der Waals surface area (Å²) in [5, 5.41) is 6.80. The van der Waals surface area contributed by atoms with Crippen LogP contribution in [0.25, 0.3) is 0 Å². The van der Waals surface area contributed by atoms with Crippen LogP contribution in [0, 0.1) is 5.92 Å². The van der Waals surface area contributed by atoms with Crippen LogP contribution in [0.1, 0.15) is 33.3 Å². The van der Waals surface area contributed by atoms with Gasteiger partial charge < -0.3 is 15.5 Å². The van der Waals surface area contributed by atoms with Crippen LogP contribution in [0.3, 0.4) is 0 Å². The summed E-state index contributed by atoms with van der Waals surface area (Å²) >= 11 is 0. The molecule has 1 aromatic rings. The van der Waals surface area contributed by atoms with Crippen molar-refractivity contribution in [3.63, 3.8) is 0 Å². The molecule has 0 aliphatic carbocycles. The summed E-state index contributed by atoms with van der Waals surface area (Å²) in [4.78, 5) is 7.09. The summed E-state index contributed by atoms with van der Waals surface area (Å²) in [6.45, 7) is 12.3. The molecule has 0 radical (unpaired) electrons. The van der Waals surface area contributed by atoms with Crippen LogP contribution in [0.2, 0.25) is 0 Å². The van der Waals surface area contributed by atoms with Crippen molar-refractivity contribution in [1.82, 2.24) is 10.6 Å². The largest absolute Gasteiger partial charge is 0.364 e. The Kier molecular flexibility index (Phi) is 6.51. The van der Waals surface area contributed by atoms with Gasteiger partial charge in [0.2, 0.25) is 0 Å². The topological polar surface area (TPSA) is 39.7 Å². The summed E-state index contributed by atoms with van der Waals surface area (Å²) < 4.78 is 0. The lowest BCUT2D eigenvalue weighted by Crippen LogP contribution is -2.44. The fourth-order valence-electron chi connectivity index (χ4n) is 2.41. The van der Waals surface area contributed by atoms with E-state index in [1.807, 2.05) is 0 Å². The molecule has 2 rings (SSSR count). The van der Waals surface area contributed by atoms with Gasteiger partial charge in [-0.05, 0) is 37.5 Å². The molecule has 0 saturated carbocycles. The minimum absolute atomic E-state index is 0.398. The van der Waals surface area contributed by atoms with Crippen molar-refractivity contribution >= 4 is 11.6 Å². The zero-order chi connectivity index (χ0) is 16.7. The van der Waals surface area contributed by atoms with Gasteiger partial charge in [0.05, 0.1) is 6.54 Å². The van der Waals surface area contributed by atoms with E-state index in [0.29, 0.717) is 18.5 Å². The Bertz CT molecular complexity index is 540. The van der Waals surface area contributed by atoms with Gasteiger partial charge >= 0.3 is 0 Å². The molecule has 1 aliphatic heterocycles. The Morgan fingerprint density at radius 3 is 2.61 bits per heavy atom. The first-order chi connectivity index (χ1) is 11.1. The highest BCUT2D eigenvalue weighted by atomic mass is 15.2. The number of rotatable bonds is 6. The van der Waals surface area contributed by atoms with Crippen LogP contribution < -0.4 is 15.5 Å². The van der Waals surface area contributed by atoms with Crippen molar-refractivity contribution in [2.24, 2.45) is 10.9 Å². The van der Waals surface area contributed by atoms with E-state index in [4.69, 9.17) is 4.99 Å². The molecule has 4 nitrogen and oxygen atoms in total. The average Bonchev–Trinajstić information content (AvgIpc) is 3.07. The van der Waals surface area contributed by atoms with Crippen molar-refractivity contribution in [2.75, 3.05) is 24.5 Å². The first-order valence-corrected chi connectivity index (χ1v) is 8.64. The van der Waals surface area contributed by atoms with Crippen LogP contribution in [-0.2, 0) is 6.54 Å². The van der Waals surface area contributed by atoms with E-state index >= 15 is 0 Å². The van der Waals surface area contributed by atoms with Crippen molar-refractivity contribution in [3.8, 4) is 0 Å². The predicted octanol–water partition coefficient (Wildman–Crippen LogP) is 3.16. The van der Waals surface area contributed by atoms with Gasteiger partial charge in [0.15, 0.2) is 5.96 Å². The quantitative estimate of drug-likeness (QED) is 0.481. The number of benzene rings is 1. The Labute approximate surface area is 140 Å². The van der Waals surface area contributed by atoms with Crippen molar-refractivity contribution in [2.45, 2.75) is 40.3 Å². The second-order valence-electron chi connectivity index (χ2n) is 6.42. The second kappa shape index (κ2) is 8.61. The smallest absolute Gasteiger partial charge is 0.191 e. The van der Waals surface area contributed by atoms with Gasteiger partial charge in [-0.25, -0.2) is 4.99 Å². The summed E-state index contributed by atoms with van der Waals surface area (Å²) in [6.07, 6.45) is 4.43. The molecule has 0 saturated heterocycles. The zero-order valence-electron chi connectivity index (χ0n) is 14.8. The molecule has 1 atom stereocenters. The number of nitrogens with one attached hydrogen (secondary N) is 2. The average molecular weight is 314 g/mol. The fourth-order valence-corrected chi connectivity index (χ4v) is 2.41. The van der Waals surface area contributed by atoms with Crippen molar-refractivity contribution in [3.05, 3.63) is 42.0 Å². The maximum atomic E-state index is 4.73. The molecule has 0 spiro atoms. The van der Waals surface area contributed by atoms with E-state index in [1.165, 1.54) is 11.3 Å². The Balaban J connectivity index is 2.02. The number of aliphatic imine (C=N–C) groups is 1. The molecule has 0 amide bonds. The van der Waals surface area contributed by atoms with Crippen LogP contribution in [0.5, 0.6) is 0 Å². The normalized spacial score (nSPS) is 16.0. The molecule has 1 unspecified atom stereocenters.